The van der Waals surface area contributed by atoms with Crippen LogP contribution in [0.5, 0.6) is 5.75 Å². The van der Waals surface area contributed by atoms with Gasteiger partial charge >= 0.3 is 0 Å². The Kier molecular flexibility index (Phi) is 9.55. The first kappa shape index (κ1) is 22.3. The van der Waals surface area contributed by atoms with Crippen LogP contribution in [-0.2, 0) is 11.2 Å². The number of nitrogens with one attached hydrogen (secondary N) is 3. The number of carbonyl (C=O) groups excluding carboxylic acids is 1. The molecule has 0 saturated heterocycles. The van der Waals surface area contributed by atoms with E-state index in [0.717, 1.165) is 25.1 Å². The summed E-state index contributed by atoms with van der Waals surface area (Å²) in [6.45, 7) is 3.78. The third-order valence-corrected chi connectivity index (χ3v) is 4.77. The summed E-state index contributed by atoms with van der Waals surface area (Å²) in [5, 5.41) is 9.24. The largest absolute Gasteiger partial charge is 0.497 e. The van der Waals surface area contributed by atoms with Crippen LogP contribution >= 0.6 is 0 Å². The quantitative estimate of drug-likeness (QED) is 0.426. The van der Waals surface area contributed by atoms with E-state index in [-0.39, 0.29) is 12.5 Å². The van der Waals surface area contributed by atoms with Crippen LogP contribution in [0.3, 0.4) is 0 Å². The lowest BCUT2D eigenvalue weighted by atomic mass is 9.98. The summed E-state index contributed by atoms with van der Waals surface area (Å²) in [5.74, 6) is 1.86. The average molecular weight is 397 g/mol. The normalized spacial score (nSPS) is 12.2. The molecule has 3 N–H and O–H groups in total. The first-order valence-corrected chi connectivity index (χ1v) is 10.0. The molecule has 1 unspecified atom stereocenters. The summed E-state index contributed by atoms with van der Waals surface area (Å²) in [7, 11) is 3.38. The maximum Gasteiger partial charge on any atom is 0.239 e. The second-order valence-electron chi connectivity index (χ2n) is 6.90. The number of carbonyl (C=O) groups is 1. The lowest BCUT2D eigenvalue weighted by Crippen LogP contribution is -2.43. The van der Waals surface area contributed by atoms with Crippen molar-refractivity contribution in [2.24, 2.45) is 4.99 Å². The van der Waals surface area contributed by atoms with E-state index in [4.69, 9.17) is 4.74 Å². The summed E-state index contributed by atoms with van der Waals surface area (Å²) in [5.41, 5.74) is 2.48. The Labute approximate surface area is 173 Å². The van der Waals surface area contributed by atoms with Crippen molar-refractivity contribution in [3.8, 4) is 5.75 Å². The molecule has 6 heteroatoms. The molecule has 1 amide bonds. The molecular formula is C23H32N4O2. The van der Waals surface area contributed by atoms with E-state index < -0.39 is 0 Å². The Hall–Kier alpha value is -3.02. The van der Waals surface area contributed by atoms with Crippen molar-refractivity contribution in [1.29, 1.82) is 0 Å². The summed E-state index contributed by atoms with van der Waals surface area (Å²) in [4.78, 5) is 16.2. The number of nitrogens with zero attached hydrogens (tertiary/aromatic N) is 1. The molecule has 6 nitrogen and oxygen atoms in total. The molecule has 1 atom stereocenters. The summed E-state index contributed by atoms with van der Waals surface area (Å²) >= 11 is 0. The van der Waals surface area contributed by atoms with Gasteiger partial charge in [-0.3, -0.25) is 9.79 Å². The molecule has 29 heavy (non-hydrogen) atoms. The van der Waals surface area contributed by atoms with Crippen LogP contribution in [-0.4, -0.2) is 45.7 Å². The van der Waals surface area contributed by atoms with Gasteiger partial charge < -0.3 is 20.7 Å². The van der Waals surface area contributed by atoms with Crippen molar-refractivity contribution in [3.05, 3.63) is 65.7 Å². The molecule has 2 aromatic rings. The summed E-state index contributed by atoms with van der Waals surface area (Å²) < 4.78 is 5.20. The van der Waals surface area contributed by atoms with Crippen molar-refractivity contribution in [1.82, 2.24) is 16.0 Å². The zero-order valence-electron chi connectivity index (χ0n) is 17.6. The van der Waals surface area contributed by atoms with Gasteiger partial charge in [0.25, 0.3) is 0 Å². The number of hydrogen-bond donors (Lipinski definition) is 3. The fraction of sp³-hybridized carbons (Fsp3) is 0.391. The number of aliphatic imine (C=N–C) groups is 1. The predicted molar refractivity (Wildman–Crippen MR) is 119 cm³/mol. The monoisotopic (exact) mass is 396 g/mol. The van der Waals surface area contributed by atoms with Crippen molar-refractivity contribution >= 4 is 11.9 Å². The molecule has 0 heterocycles. The van der Waals surface area contributed by atoms with Gasteiger partial charge in [-0.2, -0.15) is 0 Å². The van der Waals surface area contributed by atoms with Gasteiger partial charge in [0, 0.05) is 20.1 Å². The van der Waals surface area contributed by atoms with Gasteiger partial charge in [-0.1, -0.05) is 49.4 Å². The van der Waals surface area contributed by atoms with Crippen LogP contribution in [0, 0.1) is 0 Å². The number of hydrogen-bond acceptors (Lipinski definition) is 3. The molecule has 0 bridgehead atoms. The van der Waals surface area contributed by atoms with Gasteiger partial charge in [0.15, 0.2) is 5.96 Å². The first-order chi connectivity index (χ1) is 14.1. The van der Waals surface area contributed by atoms with Crippen LogP contribution in [0.2, 0.25) is 0 Å². The van der Waals surface area contributed by atoms with Gasteiger partial charge in [0.1, 0.15) is 5.75 Å². The molecular weight excluding hydrogens is 364 g/mol. The van der Waals surface area contributed by atoms with Crippen molar-refractivity contribution < 1.29 is 9.53 Å². The third-order valence-electron chi connectivity index (χ3n) is 4.77. The van der Waals surface area contributed by atoms with Gasteiger partial charge in [0.2, 0.25) is 5.91 Å². The smallest absolute Gasteiger partial charge is 0.239 e. The Morgan fingerprint density at radius 2 is 1.72 bits per heavy atom. The van der Waals surface area contributed by atoms with E-state index in [0.29, 0.717) is 18.4 Å². The molecule has 2 rings (SSSR count). The van der Waals surface area contributed by atoms with E-state index in [9.17, 15) is 4.79 Å². The lowest BCUT2D eigenvalue weighted by Gasteiger charge is -2.15. The summed E-state index contributed by atoms with van der Waals surface area (Å²) in [6.07, 6.45) is 1.78. The SMILES string of the molecule is CN=C(NCCC(C)c1ccc(OC)cc1)NCC(=O)NCCc1ccccc1. The highest BCUT2D eigenvalue weighted by Crippen LogP contribution is 2.21. The van der Waals surface area contributed by atoms with Gasteiger partial charge in [0.05, 0.1) is 13.7 Å². The zero-order valence-corrected chi connectivity index (χ0v) is 17.6. The number of ether oxygens (including phenoxy) is 1. The van der Waals surface area contributed by atoms with E-state index in [1.165, 1.54) is 11.1 Å². The van der Waals surface area contributed by atoms with E-state index in [1.807, 2.05) is 30.3 Å². The Morgan fingerprint density at radius 3 is 2.38 bits per heavy atom. The highest BCUT2D eigenvalue weighted by atomic mass is 16.5. The minimum atomic E-state index is -0.0458. The van der Waals surface area contributed by atoms with Crippen molar-refractivity contribution in [2.75, 3.05) is 33.8 Å². The standard InChI is InChI=1S/C23H32N4O2/c1-18(20-9-11-21(29-3)12-10-20)13-15-26-23(24-2)27-17-22(28)25-16-14-19-7-5-4-6-8-19/h4-12,18H,13-17H2,1-3H3,(H,25,28)(H2,24,26,27). The molecule has 0 aliphatic rings. The van der Waals surface area contributed by atoms with E-state index >= 15 is 0 Å². The highest BCUT2D eigenvalue weighted by Gasteiger charge is 2.07. The molecule has 0 spiro atoms. The molecule has 0 aromatic heterocycles. The molecule has 156 valence electrons. The molecule has 2 aromatic carbocycles. The summed E-state index contributed by atoms with van der Waals surface area (Å²) in [6, 6.07) is 18.3. The van der Waals surface area contributed by atoms with Crippen LogP contribution in [0.25, 0.3) is 0 Å². The van der Waals surface area contributed by atoms with Crippen LogP contribution in [0.4, 0.5) is 0 Å². The molecule has 0 aliphatic carbocycles. The van der Waals surface area contributed by atoms with Gasteiger partial charge in [-0.05, 0) is 42.0 Å². The predicted octanol–water partition coefficient (Wildman–Crippen LogP) is 2.71. The Morgan fingerprint density at radius 1 is 1.00 bits per heavy atom. The fourth-order valence-electron chi connectivity index (χ4n) is 2.94. The number of amides is 1. The highest BCUT2D eigenvalue weighted by molar-refractivity contribution is 5.86. The van der Waals surface area contributed by atoms with Crippen LogP contribution in [0.1, 0.15) is 30.4 Å². The van der Waals surface area contributed by atoms with Gasteiger partial charge in [-0.15, -0.1) is 0 Å². The maximum absolute atomic E-state index is 12.0. The van der Waals surface area contributed by atoms with Crippen LogP contribution < -0.4 is 20.7 Å². The van der Waals surface area contributed by atoms with E-state index in [1.54, 1.807) is 14.2 Å². The molecule has 0 fully saturated rings. The minimum Gasteiger partial charge on any atom is -0.497 e. The van der Waals surface area contributed by atoms with Gasteiger partial charge in [-0.25, -0.2) is 0 Å². The Balaban J connectivity index is 1.63. The van der Waals surface area contributed by atoms with E-state index in [2.05, 4.69) is 52.1 Å². The van der Waals surface area contributed by atoms with Crippen molar-refractivity contribution in [3.63, 3.8) is 0 Å². The second kappa shape index (κ2) is 12.4. The number of guanidine groups is 1. The first-order valence-electron chi connectivity index (χ1n) is 10.0. The average Bonchev–Trinajstić information content (AvgIpc) is 2.76. The number of benzene rings is 2. The lowest BCUT2D eigenvalue weighted by molar-refractivity contribution is -0.119. The molecule has 0 saturated carbocycles. The maximum atomic E-state index is 12.0. The third kappa shape index (κ3) is 8.25. The second-order valence-corrected chi connectivity index (χ2v) is 6.90. The molecule has 0 aliphatic heterocycles. The van der Waals surface area contributed by atoms with Crippen molar-refractivity contribution in [2.45, 2.75) is 25.7 Å². The topological polar surface area (TPSA) is 74.8 Å². The van der Waals surface area contributed by atoms with Crippen LogP contribution in [0.15, 0.2) is 59.6 Å². The fourth-order valence-corrected chi connectivity index (χ4v) is 2.94. The number of rotatable bonds is 10. The Bertz CT molecular complexity index is 760. The number of methoxy groups -OCH3 is 1. The molecule has 0 radical (unpaired) electrons. The minimum absolute atomic E-state index is 0.0458. The zero-order chi connectivity index (χ0) is 20.9.